The predicted molar refractivity (Wildman–Crippen MR) is 84.1 cm³/mol. The van der Waals surface area contributed by atoms with Crippen molar-refractivity contribution in [3.63, 3.8) is 0 Å². The van der Waals surface area contributed by atoms with Gasteiger partial charge in [0.15, 0.2) is 0 Å². The minimum absolute atomic E-state index is 0.0901. The fourth-order valence-corrected chi connectivity index (χ4v) is 4.16. The van der Waals surface area contributed by atoms with E-state index < -0.39 is 26.8 Å². The molecule has 24 heavy (non-hydrogen) atoms. The molecule has 0 radical (unpaired) electrons. The fraction of sp³-hybridized carbons (Fsp3) is 0.200. The second kappa shape index (κ2) is 5.75. The molecule has 0 amide bonds. The first-order chi connectivity index (χ1) is 11.3. The highest BCUT2D eigenvalue weighted by Gasteiger charge is 2.36. The van der Waals surface area contributed by atoms with E-state index in [4.69, 9.17) is 4.74 Å². The van der Waals surface area contributed by atoms with E-state index in [1.807, 2.05) is 0 Å². The van der Waals surface area contributed by atoms with E-state index in [-0.39, 0.29) is 28.6 Å². The van der Waals surface area contributed by atoms with Crippen molar-refractivity contribution in [1.29, 1.82) is 0 Å². The molecule has 0 saturated carbocycles. The topological polar surface area (TPSA) is 89.8 Å². The van der Waals surface area contributed by atoms with Gasteiger partial charge in [0.05, 0.1) is 15.9 Å². The van der Waals surface area contributed by atoms with Gasteiger partial charge in [0, 0.05) is 12.1 Å². The number of nitro groups is 1. The summed E-state index contributed by atoms with van der Waals surface area (Å²) in [5, 5.41) is 11.0. The summed E-state index contributed by atoms with van der Waals surface area (Å²) in [5.41, 5.74) is -0.155. The zero-order valence-electron chi connectivity index (χ0n) is 12.5. The number of nitrogens with zero attached hydrogens (tertiary/aromatic N) is 2. The fourth-order valence-electron chi connectivity index (χ4n) is 2.52. The third-order valence-corrected chi connectivity index (χ3v) is 5.58. The van der Waals surface area contributed by atoms with Crippen molar-refractivity contribution in [2.75, 3.05) is 10.9 Å². The lowest BCUT2D eigenvalue weighted by Gasteiger charge is -2.35. The molecular formula is C15H13FN2O5S. The molecule has 1 atom stereocenters. The van der Waals surface area contributed by atoms with E-state index in [0.717, 1.165) is 34.6 Å². The Labute approximate surface area is 137 Å². The Morgan fingerprint density at radius 3 is 2.54 bits per heavy atom. The Morgan fingerprint density at radius 1 is 1.25 bits per heavy atom. The molecule has 1 aliphatic rings. The van der Waals surface area contributed by atoms with E-state index in [1.54, 1.807) is 6.92 Å². The van der Waals surface area contributed by atoms with E-state index in [9.17, 15) is 22.9 Å². The van der Waals surface area contributed by atoms with Gasteiger partial charge in [0.25, 0.3) is 15.7 Å². The second-order valence-electron chi connectivity index (χ2n) is 5.32. The number of nitro benzene ring substituents is 1. The average molecular weight is 352 g/mol. The molecule has 1 aliphatic heterocycles. The molecule has 0 bridgehead atoms. The van der Waals surface area contributed by atoms with Gasteiger partial charge in [-0.2, -0.15) is 0 Å². The molecule has 1 heterocycles. The number of rotatable bonds is 3. The summed E-state index contributed by atoms with van der Waals surface area (Å²) >= 11 is 0. The molecule has 2 aromatic rings. The highest BCUT2D eigenvalue weighted by atomic mass is 32.2. The smallest absolute Gasteiger partial charge is 0.271 e. The number of non-ortho nitro benzene ring substituents is 1. The maximum atomic E-state index is 13.1. The summed E-state index contributed by atoms with van der Waals surface area (Å²) in [6.07, 6.45) is 0. The van der Waals surface area contributed by atoms with Crippen LogP contribution in [0.3, 0.4) is 0 Å². The lowest BCUT2D eigenvalue weighted by molar-refractivity contribution is -0.384. The van der Waals surface area contributed by atoms with Crippen LogP contribution >= 0.6 is 0 Å². The normalized spacial score (nSPS) is 17.1. The molecule has 2 aromatic carbocycles. The lowest BCUT2D eigenvalue weighted by Crippen LogP contribution is -2.45. The zero-order valence-corrected chi connectivity index (χ0v) is 13.4. The molecule has 0 spiro atoms. The summed E-state index contributed by atoms with van der Waals surface area (Å²) < 4.78 is 45.5. The molecule has 9 heteroatoms. The van der Waals surface area contributed by atoms with Crippen LogP contribution in [-0.4, -0.2) is 26.0 Å². The van der Waals surface area contributed by atoms with Crippen molar-refractivity contribution in [2.45, 2.75) is 17.9 Å². The van der Waals surface area contributed by atoms with Gasteiger partial charge in [-0.05, 0) is 37.3 Å². The highest BCUT2D eigenvalue weighted by Crippen LogP contribution is 2.39. The molecule has 3 rings (SSSR count). The van der Waals surface area contributed by atoms with Crippen molar-refractivity contribution in [1.82, 2.24) is 0 Å². The van der Waals surface area contributed by atoms with Crippen LogP contribution < -0.4 is 9.04 Å². The van der Waals surface area contributed by atoms with Gasteiger partial charge in [-0.3, -0.25) is 14.4 Å². The van der Waals surface area contributed by atoms with Crippen molar-refractivity contribution in [3.05, 3.63) is 58.4 Å². The van der Waals surface area contributed by atoms with Crippen LogP contribution in [0.25, 0.3) is 0 Å². The van der Waals surface area contributed by atoms with Crippen LogP contribution in [0.15, 0.2) is 47.4 Å². The summed E-state index contributed by atoms with van der Waals surface area (Å²) in [4.78, 5) is 10.3. The maximum absolute atomic E-state index is 13.1. The van der Waals surface area contributed by atoms with E-state index in [2.05, 4.69) is 0 Å². The Balaban J connectivity index is 2.15. The van der Waals surface area contributed by atoms with Crippen LogP contribution in [0, 0.1) is 15.9 Å². The molecule has 126 valence electrons. The van der Waals surface area contributed by atoms with Gasteiger partial charge in [-0.1, -0.05) is 0 Å². The van der Waals surface area contributed by atoms with E-state index in [1.165, 1.54) is 12.1 Å². The zero-order chi connectivity index (χ0) is 17.5. The molecule has 1 unspecified atom stereocenters. The highest BCUT2D eigenvalue weighted by molar-refractivity contribution is 7.92. The lowest BCUT2D eigenvalue weighted by atomic mass is 10.2. The number of hydrogen-bond donors (Lipinski definition) is 0. The van der Waals surface area contributed by atoms with Crippen LogP contribution in [0.5, 0.6) is 5.75 Å². The quantitative estimate of drug-likeness (QED) is 0.626. The summed E-state index contributed by atoms with van der Waals surface area (Å²) in [6, 6.07) is 7.61. The first-order valence-electron chi connectivity index (χ1n) is 7.02. The maximum Gasteiger partial charge on any atom is 0.271 e. The second-order valence-corrected chi connectivity index (χ2v) is 7.14. The summed E-state index contributed by atoms with van der Waals surface area (Å²) in [5.74, 6) is -0.315. The van der Waals surface area contributed by atoms with Gasteiger partial charge >= 0.3 is 0 Å². The minimum Gasteiger partial charge on any atom is -0.489 e. The number of hydrogen-bond acceptors (Lipinski definition) is 5. The number of halogens is 1. The molecule has 0 saturated heterocycles. The Morgan fingerprint density at radius 2 is 1.92 bits per heavy atom. The molecule has 0 N–H and O–H groups in total. The van der Waals surface area contributed by atoms with Gasteiger partial charge in [-0.15, -0.1) is 0 Å². The molecular weight excluding hydrogens is 339 g/mol. The number of benzene rings is 2. The molecule has 0 aromatic heterocycles. The standard InChI is InChI=1S/C15H13FN2O5S/c1-10-9-23-15-7-4-12(18(19)20)8-14(15)17(10)24(21,22)13-5-2-11(16)3-6-13/h2-8,10H,9H2,1H3. The average Bonchev–Trinajstić information content (AvgIpc) is 2.54. The first-order valence-corrected chi connectivity index (χ1v) is 8.46. The SMILES string of the molecule is CC1COc2ccc([N+](=O)[O-])cc2N1S(=O)(=O)c1ccc(F)cc1. The van der Waals surface area contributed by atoms with Crippen LogP contribution in [0.1, 0.15) is 6.92 Å². The molecule has 0 fully saturated rings. The summed E-state index contributed by atoms with van der Waals surface area (Å²) in [7, 11) is -4.02. The Hall–Kier alpha value is -2.68. The number of sulfonamides is 1. The third-order valence-electron chi connectivity index (χ3n) is 3.64. The third kappa shape index (κ3) is 2.67. The van der Waals surface area contributed by atoms with Gasteiger partial charge in [0.2, 0.25) is 0 Å². The number of ether oxygens (including phenoxy) is 1. The van der Waals surface area contributed by atoms with E-state index >= 15 is 0 Å². The number of fused-ring (bicyclic) bond motifs is 1. The monoisotopic (exact) mass is 352 g/mol. The van der Waals surface area contributed by atoms with Crippen molar-refractivity contribution in [2.24, 2.45) is 0 Å². The Bertz CT molecular complexity index is 899. The predicted octanol–water partition coefficient (Wildman–Crippen LogP) is 2.71. The van der Waals surface area contributed by atoms with Gasteiger partial charge in [-0.25, -0.2) is 12.8 Å². The minimum atomic E-state index is -4.02. The van der Waals surface area contributed by atoms with Crippen LogP contribution in [-0.2, 0) is 10.0 Å². The van der Waals surface area contributed by atoms with Crippen molar-refractivity contribution < 1.29 is 22.5 Å². The summed E-state index contributed by atoms with van der Waals surface area (Å²) in [6.45, 7) is 1.73. The van der Waals surface area contributed by atoms with Crippen LogP contribution in [0.4, 0.5) is 15.8 Å². The molecule has 7 nitrogen and oxygen atoms in total. The largest absolute Gasteiger partial charge is 0.489 e. The number of anilines is 1. The molecule has 0 aliphatic carbocycles. The van der Waals surface area contributed by atoms with Crippen molar-refractivity contribution >= 4 is 21.4 Å². The van der Waals surface area contributed by atoms with Gasteiger partial charge < -0.3 is 4.74 Å². The first kappa shape index (κ1) is 16.2. The van der Waals surface area contributed by atoms with Gasteiger partial charge in [0.1, 0.15) is 23.9 Å². The van der Waals surface area contributed by atoms with E-state index in [0.29, 0.717) is 0 Å². The van der Waals surface area contributed by atoms with Crippen LogP contribution in [0.2, 0.25) is 0 Å². The Kier molecular flexibility index (Phi) is 3.88. The van der Waals surface area contributed by atoms with Crippen molar-refractivity contribution in [3.8, 4) is 5.75 Å².